The summed E-state index contributed by atoms with van der Waals surface area (Å²) < 4.78 is 13.2. The lowest BCUT2D eigenvalue weighted by molar-refractivity contribution is -0.150. The van der Waals surface area contributed by atoms with Crippen molar-refractivity contribution in [2.75, 3.05) is 13.4 Å². The molecule has 5 nitrogen and oxygen atoms in total. The lowest BCUT2D eigenvalue weighted by Gasteiger charge is -2.04. The molecule has 12 heavy (non-hydrogen) atoms. The zero-order chi connectivity index (χ0) is 9.40. The van der Waals surface area contributed by atoms with Gasteiger partial charge in [-0.1, -0.05) is 6.92 Å². The van der Waals surface area contributed by atoms with Gasteiger partial charge in [0.2, 0.25) is 6.79 Å². The van der Waals surface area contributed by atoms with Crippen molar-refractivity contribution in [3.63, 3.8) is 0 Å². The van der Waals surface area contributed by atoms with Crippen LogP contribution in [0.5, 0.6) is 0 Å². The highest BCUT2D eigenvalue weighted by Gasteiger charge is 2.02. The van der Waals surface area contributed by atoms with Crippen molar-refractivity contribution >= 4 is 12.1 Å². The van der Waals surface area contributed by atoms with Crippen LogP contribution < -0.4 is 0 Å². The van der Waals surface area contributed by atoms with Crippen LogP contribution >= 0.6 is 0 Å². The number of esters is 1. The summed E-state index contributed by atoms with van der Waals surface area (Å²) in [5.41, 5.74) is 0. The summed E-state index contributed by atoms with van der Waals surface area (Å²) in [4.78, 5) is 20.7. The fourth-order valence-corrected chi connectivity index (χ4v) is 0.388. The van der Waals surface area contributed by atoms with Crippen LogP contribution in [0, 0.1) is 0 Å². The van der Waals surface area contributed by atoms with Crippen molar-refractivity contribution in [2.45, 2.75) is 20.3 Å². The van der Waals surface area contributed by atoms with Crippen molar-refractivity contribution in [3.8, 4) is 0 Å². The van der Waals surface area contributed by atoms with Gasteiger partial charge in [-0.15, -0.1) is 0 Å². The van der Waals surface area contributed by atoms with E-state index >= 15 is 0 Å². The quantitative estimate of drug-likeness (QED) is 0.473. The van der Waals surface area contributed by atoms with Gasteiger partial charge in [0.05, 0.1) is 6.61 Å². The summed E-state index contributed by atoms with van der Waals surface area (Å²) in [7, 11) is 0. The second-order valence-electron chi connectivity index (χ2n) is 2.00. The van der Waals surface area contributed by atoms with E-state index < -0.39 is 18.9 Å². The highest BCUT2D eigenvalue weighted by molar-refractivity contribution is 5.66. The maximum Gasteiger partial charge on any atom is 0.511 e. The predicted octanol–water partition coefficient (Wildman–Crippen LogP) is 1.07. The number of carbonyl (C=O) groups excluding carboxylic acids is 2. The smallest absolute Gasteiger partial charge is 0.434 e. The molecular weight excluding hydrogens is 164 g/mol. The molecule has 0 amide bonds. The average Bonchev–Trinajstić information content (AvgIpc) is 2.00. The van der Waals surface area contributed by atoms with E-state index in [1.54, 1.807) is 0 Å². The van der Waals surface area contributed by atoms with Crippen molar-refractivity contribution in [2.24, 2.45) is 0 Å². The van der Waals surface area contributed by atoms with Crippen LogP contribution in [0.4, 0.5) is 4.79 Å². The molecule has 0 radical (unpaired) electrons. The summed E-state index contributed by atoms with van der Waals surface area (Å²) in [6, 6.07) is 0. The highest BCUT2D eigenvalue weighted by atomic mass is 16.8. The molecule has 0 aromatic carbocycles. The van der Waals surface area contributed by atoms with Gasteiger partial charge in [0, 0.05) is 6.92 Å². The first-order valence-electron chi connectivity index (χ1n) is 3.59. The molecule has 0 atom stereocenters. The van der Waals surface area contributed by atoms with Gasteiger partial charge in [0.15, 0.2) is 0 Å². The van der Waals surface area contributed by atoms with Crippen LogP contribution in [0.25, 0.3) is 0 Å². The monoisotopic (exact) mass is 176 g/mol. The summed E-state index contributed by atoms with van der Waals surface area (Å²) in [6.45, 7) is 3.00. The molecular formula is C7H12O5. The van der Waals surface area contributed by atoms with Gasteiger partial charge < -0.3 is 14.2 Å². The third kappa shape index (κ3) is 6.85. The maximum atomic E-state index is 10.5. The number of hydrogen-bond acceptors (Lipinski definition) is 5. The van der Waals surface area contributed by atoms with Crippen LogP contribution in [0.3, 0.4) is 0 Å². The summed E-state index contributed by atoms with van der Waals surface area (Å²) in [5, 5.41) is 0. The molecule has 0 aliphatic rings. The largest absolute Gasteiger partial charge is 0.511 e. The lowest BCUT2D eigenvalue weighted by atomic mass is 10.5. The standard InChI is InChI=1S/C7H12O5/c1-3-4-10-7(9)12-5-11-6(2)8/h3-5H2,1-2H3. The van der Waals surface area contributed by atoms with Crippen LogP contribution in [0.2, 0.25) is 0 Å². The molecule has 0 aliphatic carbocycles. The number of carbonyl (C=O) groups is 2. The van der Waals surface area contributed by atoms with E-state index in [4.69, 9.17) is 0 Å². The molecule has 0 saturated carbocycles. The average molecular weight is 176 g/mol. The molecule has 0 heterocycles. The van der Waals surface area contributed by atoms with Crippen molar-refractivity contribution in [1.29, 1.82) is 0 Å². The van der Waals surface area contributed by atoms with E-state index in [1.165, 1.54) is 6.92 Å². The Morgan fingerprint density at radius 1 is 1.17 bits per heavy atom. The van der Waals surface area contributed by atoms with E-state index in [9.17, 15) is 9.59 Å². The van der Waals surface area contributed by atoms with Crippen LogP contribution in [0.15, 0.2) is 0 Å². The van der Waals surface area contributed by atoms with Crippen LogP contribution in [-0.2, 0) is 19.0 Å². The molecule has 0 spiro atoms. The molecule has 0 aliphatic heterocycles. The SMILES string of the molecule is CCCOC(=O)OCOC(C)=O. The predicted molar refractivity (Wildman–Crippen MR) is 39.4 cm³/mol. The first-order valence-corrected chi connectivity index (χ1v) is 3.59. The van der Waals surface area contributed by atoms with Gasteiger partial charge in [-0.05, 0) is 6.42 Å². The zero-order valence-electron chi connectivity index (χ0n) is 7.16. The third-order valence-electron chi connectivity index (χ3n) is 0.863. The fourth-order valence-electron chi connectivity index (χ4n) is 0.388. The van der Waals surface area contributed by atoms with E-state index in [1.807, 2.05) is 6.92 Å². The summed E-state index contributed by atoms with van der Waals surface area (Å²) in [6.07, 6.45) is -0.0963. The first-order chi connectivity index (χ1) is 5.66. The molecule has 0 aromatic heterocycles. The van der Waals surface area contributed by atoms with Crippen LogP contribution in [-0.4, -0.2) is 25.5 Å². The van der Waals surface area contributed by atoms with Gasteiger partial charge in [-0.3, -0.25) is 4.79 Å². The van der Waals surface area contributed by atoms with Crippen molar-refractivity contribution in [3.05, 3.63) is 0 Å². The Morgan fingerprint density at radius 3 is 2.33 bits per heavy atom. The normalized spacial score (nSPS) is 8.83. The molecule has 0 N–H and O–H groups in total. The van der Waals surface area contributed by atoms with Crippen molar-refractivity contribution in [1.82, 2.24) is 0 Å². The fraction of sp³-hybridized carbons (Fsp3) is 0.714. The van der Waals surface area contributed by atoms with Gasteiger partial charge >= 0.3 is 12.1 Å². The zero-order valence-corrected chi connectivity index (χ0v) is 7.16. The maximum absolute atomic E-state index is 10.5. The summed E-state index contributed by atoms with van der Waals surface area (Å²) >= 11 is 0. The minimum atomic E-state index is -0.821. The molecule has 5 heteroatoms. The van der Waals surface area contributed by atoms with Crippen molar-refractivity contribution < 1.29 is 23.8 Å². The van der Waals surface area contributed by atoms with Gasteiger partial charge in [-0.2, -0.15) is 0 Å². The number of hydrogen-bond donors (Lipinski definition) is 0. The third-order valence-corrected chi connectivity index (χ3v) is 0.863. The Labute approximate surface area is 70.6 Å². The molecule has 70 valence electrons. The van der Waals surface area contributed by atoms with E-state index in [-0.39, 0.29) is 0 Å². The Kier molecular flexibility index (Phi) is 5.77. The highest BCUT2D eigenvalue weighted by Crippen LogP contribution is 1.88. The number of rotatable bonds is 4. The second-order valence-corrected chi connectivity index (χ2v) is 2.00. The van der Waals surface area contributed by atoms with Crippen LogP contribution in [0.1, 0.15) is 20.3 Å². The van der Waals surface area contributed by atoms with Gasteiger partial charge in [0.25, 0.3) is 0 Å². The molecule has 0 rings (SSSR count). The molecule has 0 aromatic rings. The Balaban J connectivity index is 3.25. The second kappa shape index (κ2) is 6.45. The number of ether oxygens (including phenoxy) is 3. The summed E-state index contributed by atoms with van der Waals surface area (Å²) in [5.74, 6) is -0.502. The molecule has 0 unspecified atom stereocenters. The molecule has 0 bridgehead atoms. The Bertz CT molecular complexity index is 154. The Hall–Kier alpha value is -1.26. The minimum absolute atomic E-state index is 0.304. The first kappa shape index (κ1) is 10.7. The molecule has 0 saturated heterocycles. The minimum Gasteiger partial charge on any atom is -0.434 e. The van der Waals surface area contributed by atoms with Gasteiger partial charge in [0.1, 0.15) is 0 Å². The van der Waals surface area contributed by atoms with E-state index in [2.05, 4.69) is 14.2 Å². The molecule has 0 fully saturated rings. The topological polar surface area (TPSA) is 61.8 Å². The van der Waals surface area contributed by atoms with E-state index in [0.717, 1.165) is 6.42 Å². The van der Waals surface area contributed by atoms with E-state index in [0.29, 0.717) is 6.61 Å². The lowest BCUT2D eigenvalue weighted by Crippen LogP contribution is -2.12. The Morgan fingerprint density at radius 2 is 1.83 bits per heavy atom. The van der Waals surface area contributed by atoms with Gasteiger partial charge in [-0.25, -0.2) is 4.79 Å².